The number of hydrogen-bond donors (Lipinski definition) is 2. The summed E-state index contributed by atoms with van der Waals surface area (Å²) < 4.78 is 27.2. The molecule has 0 amide bonds. The van der Waals surface area contributed by atoms with E-state index in [1.807, 2.05) is 12.1 Å². The Hall–Kier alpha value is -0.690. The molecule has 0 spiro atoms. The van der Waals surface area contributed by atoms with Gasteiger partial charge in [-0.25, -0.2) is 8.93 Å². The standard InChI is InChI=1S/C10H16N2O3S/c13-16(14)11-9-3-5-12(6-4-9)8-10-2-1-7-15-10/h1-2,7,9,11H,3-6,8H2,(H,13,14). The van der Waals surface area contributed by atoms with Gasteiger partial charge in [0.15, 0.2) is 0 Å². The van der Waals surface area contributed by atoms with Crippen LogP contribution in [-0.2, 0) is 17.8 Å². The third kappa shape index (κ3) is 3.41. The molecule has 1 fully saturated rings. The van der Waals surface area contributed by atoms with Crippen molar-refractivity contribution in [2.75, 3.05) is 13.1 Å². The van der Waals surface area contributed by atoms with Crippen molar-refractivity contribution in [2.45, 2.75) is 25.4 Å². The summed E-state index contributed by atoms with van der Waals surface area (Å²) in [6, 6.07) is 4.00. The molecule has 2 heterocycles. The second-order valence-electron chi connectivity index (χ2n) is 4.00. The first-order valence-electron chi connectivity index (χ1n) is 5.36. The first kappa shape index (κ1) is 11.8. The van der Waals surface area contributed by atoms with E-state index in [1.54, 1.807) is 6.26 Å². The van der Waals surface area contributed by atoms with Gasteiger partial charge in [-0.15, -0.1) is 0 Å². The largest absolute Gasteiger partial charge is 0.468 e. The van der Waals surface area contributed by atoms with Gasteiger partial charge in [-0.2, -0.15) is 0 Å². The summed E-state index contributed by atoms with van der Waals surface area (Å²) in [6.07, 6.45) is 3.47. The molecule has 1 aliphatic rings. The number of likely N-dealkylation sites (tertiary alicyclic amines) is 1. The zero-order valence-electron chi connectivity index (χ0n) is 8.96. The van der Waals surface area contributed by atoms with Gasteiger partial charge in [0.25, 0.3) is 0 Å². The summed E-state index contributed by atoms with van der Waals surface area (Å²) in [5.74, 6) is 0.970. The van der Waals surface area contributed by atoms with E-state index in [1.165, 1.54) is 0 Å². The molecule has 90 valence electrons. The molecule has 0 aliphatic carbocycles. The van der Waals surface area contributed by atoms with Crippen molar-refractivity contribution in [3.8, 4) is 0 Å². The minimum Gasteiger partial charge on any atom is -0.468 e. The molecule has 2 rings (SSSR count). The fraction of sp³-hybridized carbons (Fsp3) is 0.600. The predicted molar refractivity (Wildman–Crippen MR) is 60.9 cm³/mol. The molecule has 0 aromatic carbocycles. The van der Waals surface area contributed by atoms with Gasteiger partial charge in [-0.3, -0.25) is 9.45 Å². The SMILES string of the molecule is O=S(O)NC1CCN(Cc2ccco2)CC1. The summed E-state index contributed by atoms with van der Waals surface area (Å²) in [6.45, 7) is 2.67. The maximum Gasteiger partial charge on any atom is 0.231 e. The van der Waals surface area contributed by atoms with Gasteiger partial charge >= 0.3 is 0 Å². The highest BCUT2D eigenvalue weighted by molar-refractivity contribution is 7.77. The molecule has 0 bridgehead atoms. The lowest BCUT2D eigenvalue weighted by Gasteiger charge is -2.30. The van der Waals surface area contributed by atoms with Crippen molar-refractivity contribution in [2.24, 2.45) is 0 Å². The van der Waals surface area contributed by atoms with Crippen LogP contribution in [0.1, 0.15) is 18.6 Å². The van der Waals surface area contributed by atoms with E-state index in [2.05, 4.69) is 9.62 Å². The Morgan fingerprint density at radius 2 is 2.31 bits per heavy atom. The van der Waals surface area contributed by atoms with Crippen LogP contribution in [0.15, 0.2) is 22.8 Å². The molecule has 1 aromatic rings. The molecule has 1 saturated heterocycles. The van der Waals surface area contributed by atoms with E-state index in [0.717, 1.165) is 38.2 Å². The van der Waals surface area contributed by atoms with Crippen LogP contribution in [0.5, 0.6) is 0 Å². The van der Waals surface area contributed by atoms with E-state index in [4.69, 9.17) is 8.97 Å². The molecule has 0 radical (unpaired) electrons. The Balaban J connectivity index is 1.75. The van der Waals surface area contributed by atoms with E-state index >= 15 is 0 Å². The lowest BCUT2D eigenvalue weighted by atomic mass is 10.1. The van der Waals surface area contributed by atoms with Gasteiger partial charge in [0.2, 0.25) is 11.3 Å². The van der Waals surface area contributed by atoms with E-state index in [-0.39, 0.29) is 6.04 Å². The normalized spacial score (nSPS) is 21.1. The zero-order valence-corrected chi connectivity index (χ0v) is 9.78. The molecule has 1 aromatic heterocycles. The molecular weight excluding hydrogens is 228 g/mol. The quantitative estimate of drug-likeness (QED) is 0.775. The van der Waals surface area contributed by atoms with Crippen molar-refractivity contribution in [1.29, 1.82) is 0 Å². The van der Waals surface area contributed by atoms with Gasteiger partial charge in [0.05, 0.1) is 12.8 Å². The number of piperidine rings is 1. The Morgan fingerprint density at radius 1 is 1.56 bits per heavy atom. The first-order valence-corrected chi connectivity index (χ1v) is 6.46. The van der Waals surface area contributed by atoms with Gasteiger partial charge in [0, 0.05) is 19.1 Å². The number of rotatable bonds is 4. The number of nitrogens with zero attached hydrogens (tertiary/aromatic N) is 1. The molecule has 5 nitrogen and oxygen atoms in total. The van der Waals surface area contributed by atoms with Crippen LogP contribution < -0.4 is 4.72 Å². The Morgan fingerprint density at radius 3 is 2.88 bits per heavy atom. The predicted octanol–water partition coefficient (Wildman–Crippen LogP) is 0.970. The summed E-state index contributed by atoms with van der Waals surface area (Å²) in [7, 11) is 0. The summed E-state index contributed by atoms with van der Waals surface area (Å²) in [5, 5.41) is 0. The molecule has 2 N–H and O–H groups in total. The molecule has 1 atom stereocenters. The fourth-order valence-electron chi connectivity index (χ4n) is 1.97. The monoisotopic (exact) mass is 244 g/mol. The number of nitrogens with one attached hydrogen (secondary N) is 1. The second-order valence-corrected chi connectivity index (χ2v) is 4.73. The Labute approximate surface area is 97.2 Å². The molecule has 6 heteroatoms. The minimum atomic E-state index is -1.89. The molecule has 16 heavy (non-hydrogen) atoms. The van der Waals surface area contributed by atoms with Gasteiger partial charge in [-0.05, 0) is 25.0 Å². The fourth-order valence-corrected chi connectivity index (χ4v) is 2.50. The van der Waals surface area contributed by atoms with Crippen LogP contribution >= 0.6 is 0 Å². The highest BCUT2D eigenvalue weighted by Crippen LogP contribution is 2.14. The second kappa shape index (κ2) is 5.58. The Kier molecular flexibility index (Phi) is 4.11. The average Bonchev–Trinajstić information content (AvgIpc) is 2.73. The third-order valence-corrected chi connectivity index (χ3v) is 3.35. The highest BCUT2D eigenvalue weighted by atomic mass is 32.2. The highest BCUT2D eigenvalue weighted by Gasteiger charge is 2.20. The lowest BCUT2D eigenvalue weighted by Crippen LogP contribution is -2.42. The van der Waals surface area contributed by atoms with Crippen molar-refractivity contribution < 1.29 is 13.2 Å². The van der Waals surface area contributed by atoms with Crippen LogP contribution in [0, 0.1) is 0 Å². The maximum atomic E-state index is 10.6. The third-order valence-electron chi connectivity index (χ3n) is 2.81. The molecule has 1 aliphatic heterocycles. The summed E-state index contributed by atoms with van der Waals surface area (Å²) in [5.41, 5.74) is 0. The lowest BCUT2D eigenvalue weighted by molar-refractivity contribution is 0.186. The van der Waals surface area contributed by atoms with E-state index in [0.29, 0.717) is 0 Å². The number of hydrogen-bond acceptors (Lipinski definition) is 3. The van der Waals surface area contributed by atoms with Crippen molar-refractivity contribution >= 4 is 11.3 Å². The van der Waals surface area contributed by atoms with Gasteiger partial charge in [-0.1, -0.05) is 0 Å². The van der Waals surface area contributed by atoms with Crippen LogP contribution in [0.3, 0.4) is 0 Å². The van der Waals surface area contributed by atoms with Gasteiger partial charge in [0.1, 0.15) is 5.76 Å². The minimum absolute atomic E-state index is 0.152. The molecule has 0 saturated carbocycles. The zero-order chi connectivity index (χ0) is 11.4. The van der Waals surface area contributed by atoms with Crippen molar-refractivity contribution in [3.63, 3.8) is 0 Å². The first-order chi connectivity index (χ1) is 7.74. The summed E-state index contributed by atoms with van der Waals surface area (Å²) in [4.78, 5) is 2.29. The van der Waals surface area contributed by atoms with E-state index < -0.39 is 11.3 Å². The topological polar surface area (TPSA) is 65.7 Å². The van der Waals surface area contributed by atoms with Crippen LogP contribution in [0.25, 0.3) is 0 Å². The average molecular weight is 244 g/mol. The van der Waals surface area contributed by atoms with E-state index in [9.17, 15) is 4.21 Å². The van der Waals surface area contributed by atoms with Crippen LogP contribution in [-0.4, -0.2) is 32.8 Å². The van der Waals surface area contributed by atoms with Crippen LogP contribution in [0.2, 0.25) is 0 Å². The smallest absolute Gasteiger partial charge is 0.231 e. The molecule has 1 unspecified atom stereocenters. The number of furan rings is 1. The Bertz CT molecular complexity index is 334. The summed E-state index contributed by atoms with van der Waals surface area (Å²) >= 11 is -1.89. The van der Waals surface area contributed by atoms with Crippen molar-refractivity contribution in [1.82, 2.24) is 9.62 Å². The molecular formula is C10H16N2O3S. The van der Waals surface area contributed by atoms with Crippen LogP contribution in [0.4, 0.5) is 0 Å². The van der Waals surface area contributed by atoms with Gasteiger partial charge < -0.3 is 4.42 Å². The van der Waals surface area contributed by atoms with Crippen molar-refractivity contribution in [3.05, 3.63) is 24.2 Å². The maximum absolute atomic E-state index is 10.6.